The summed E-state index contributed by atoms with van der Waals surface area (Å²) in [5.41, 5.74) is 5.77. The van der Waals surface area contributed by atoms with Gasteiger partial charge in [-0.3, -0.25) is 14.7 Å². The van der Waals surface area contributed by atoms with Crippen LogP contribution in [0.5, 0.6) is 0 Å². The van der Waals surface area contributed by atoms with Crippen LogP contribution in [0.1, 0.15) is 71.4 Å². The van der Waals surface area contributed by atoms with Gasteiger partial charge in [0.25, 0.3) is 5.56 Å². The van der Waals surface area contributed by atoms with Crippen molar-refractivity contribution in [2.75, 3.05) is 0 Å². The minimum atomic E-state index is -0.464. The van der Waals surface area contributed by atoms with Crippen LogP contribution in [-0.2, 0) is 13.1 Å². The van der Waals surface area contributed by atoms with Crippen LogP contribution < -0.4 is 5.56 Å². The van der Waals surface area contributed by atoms with Gasteiger partial charge in [-0.25, -0.2) is 4.68 Å². The van der Waals surface area contributed by atoms with Gasteiger partial charge in [-0.15, -0.1) is 5.10 Å². The molecule has 0 spiro atoms. The zero-order valence-corrected chi connectivity index (χ0v) is 22.4. The van der Waals surface area contributed by atoms with E-state index >= 15 is 0 Å². The molecule has 3 heterocycles. The Balaban J connectivity index is 1.56. The summed E-state index contributed by atoms with van der Waals surface area (Å²) in [5.74, 6) is 0.705. The van der Waals surface area contributed by atoms with Gasteiger partial charge in [0.05, 0.1) is 11.6 Å². The zero-order valence-electron chi connectivity index (χ0n) is 22.4. The number of rotatable bonds is 8. The second-order valence-corrected chi connectivity index (χ2v) is 10.6. The monoisotopic (exact) mass is 519 g/mol. The lowest BCUT2D eigenvalue weighted by Crippen LogP contribution is -2.35. The molecule has 1 saturated carbocycles. The van der Waals surface area contributed by atoms with Crippen molar-refractivity contribution in [2.24, 2.45) is 0 Å². The lowest BCUT2D eigenvalue weighted by Gasteiger charge is -2.32. The Labute approximate surface area is 227 Å². The molecule has 0 radical (unpaired) electrons. The molecule has 8 heteroatoms. The summed E-state index contributed by atoms with van der Waals surface area (Å²) in [7, 11) is 0. The molecule has 0 aliphatic heterocycles. The number of tetrazole rings is 1. The first-order chi connectivity index (χ1) is 19.1. The van der Waals surface area contributed by atoms with E-state index in [9.17, 15) is 4.79 Å². The summed E-state index contributed by atoms with van der Waals surface area (Å²) in [6, 6.07) is 20.3. The number of aromatic nitrogens is 6. The van der Waals surface area contributed by atoms with Crippen LogP contribution in [0.25, 0.3) is 10.9 Å². The second-order valence-electron chi connectivity index (χ2n) is 10.6. The average molecular weight is 520 g/mol. The Kier molecular flexibility index (Phi) is 7.02. The Morgan fingerprint density at radius 3 is 2.49 bits per heavy atom. The molecule has 1 aliphatic carbocycles. The number of nitrogens with one attached hydrogen (secondary N) is 1. The molecule has 3 aromatic heterocycles. The summed E-state index contributed by atoms with van der Waals surface area (Å²) < 4.78 is 1.98. The molecular formula is C31H33N7O. The van der Waals surface area contributed by atoms with E-state index in [0.717, 1.165) is 58.8 Å². The molecule has 0 saturated heterocycles. The molecule has 1 N–H and O–H groups in total. The van der Waals surface area contributed by atoms with Gasteiger partial charge in [-0.1, -0.05) is 61.4 Å². The van der Waals surface area contributed by atoms with Gasteiger partial charge in [-0.2, -0.15) is 0 Å². The summed E-state index contributed by atoms with van der Waals surface area (Å²) >= 11 is 0. The molecule has 2 aromatic carbocycles. The van der Waals surface area contributed by atoms with Crippen LogP contribution in [-0.4, -0.2) is 35.1 Å². The molecule has 198 valence electrons. The molecule has 6 rings (SSSR count). The van der Waals surface area contributed by atoms with Gasteiger partial charge in [-0.05, 0) is 71.5 Å². The molecule has 1 aliphatic rings. The molecular weight excluding hydrogens is 486 g/mol. The average Bonchev–Trinajstić information content (AvgIpc) is 3.65. The molecule has 8 nitrogen and oxygen atoms in total. The first kappa shape index (κ1) is 25.1. The number of fused-ring (bicyclic) bond motifs is 1. The number of hydrogen-bond donors (Lipinski definition) is 1. The van der Waals surface area contributed by atoms with Crippen molar-refractivity contribution < 1.29 is 0 Å². The van der Waals surface area contributed by atoms with Crippen LogP contribution in [0.2, 0.25) is 0 Å². The fourth-order valence-electron chi connectivity index (χ4n) is 5.87. The van der Waals surface area contributed by atoms with Crippen LogP contribution in [0.3, 0.4) is 0 Å². The van der Waals surface area contributed by atoms with Crippen molar-refractivity contribution in [3.8, 4) is 0 Å². The van der Waals surface area contributed by atoms with Gasteiger partial charge < -0.3 is 4.98 Å². The first-order valence-electron chi connectivity index (χ1n) is 13.7. The summed E-state index contributed by atoms with van der Waals surface area (Å²) in [5, 5.41) is 14.2. The molecule has 39 heavy (non-hydrogen) atoms. The largest absolute Gasteiger partial charge is 0.321 e. The van der Waals surface area contributed by atoms with Crippen molar-refractivity contribution in [3.05, 3.63) is 117 Å². The highest BCUT2D eigenvalue weighted by molar-refractivity contribution is 5.85. The number of aryl methyl sites for hydroxylation is 2. The SMILES string of the molecule is Cc1ccc(C)c2[nH]c(=O)c([C@@H](c3nnnn3C3CCCC3)N(Cc3ccccc3)Cc3cccnc3)cc12. The minimum absolute atomic E-state index is 0.119. The standard InChI is InChI=1S/C31H33N7O/c1-21-14-15-22(2)28-26(21)17-27(31(39)33-28)29(30-34-35-36-38(30)25-12-6-7-13-25)37(19-23-9-4-3-5-10-23)20-24-11-8-16-32-18-24/h3-5,8-11,14-18,25,29H,6-7,12-13,19-20H2,1-2H3,(H,33,39)/t29-/m0/s1. The first-order valence-corrected chi connectivity index (χ1v) is 13.7. The van der Waals surface area contributed by atoms with Crippen molar-refractivity contribution in [1.29, 1.82) is 0 Å². The third-order valence-electron chi connectivity index (χ3n) is 7.90. The van der Waals surface area contributed by atoms with Gasteiger partial charge in [0.2, 0.25) is 0 Å². The Morgan fingerprint density at radius 2 is 1.72 bits per heavy atom. The number of aromatic amines is 1. The second kappa shape index (κ2) is 10.9. The van der Waals surface area contributed by atoms with E-state index in [1.54, 1.807) is 6.20 Å². The van der Waals surface area contributed by atoms with Crippen molar-refractivity contribution >= 4 is 10.9 Å². The van der Waals surface area contributed by atoms with Gasteiger partial charge in [0.1, 0.15) is 6.04 Å². The maximum Gasteiger partial charge on any atom is 0.253 e. The predicted octanol–water partition coefficient (Wildman–Crippen LogP) is 5.43. The van der Waals surface area contributed by atoms with Gasteiger partial charge in [0.15, 0.2) is 5.82 Å². The third-order valence-corrected chi connectivity index (χ3v) is 7.90. The summed E-state index contributed by atoms with van der Waals surface area (Å²) in [6.07, 6.45) is 8.06. The molecule has 5 aromatic rings. The minimum Gasteiger partial charge on any atom is -0.321 e. The van der Waals surface area contributed by atoms with Crippen LogP contribution in [0, 0.1) is 13.8 Å². The van der Waals surface area contributed by atoms with Crippen LogP contribution in [0.15, 0.2) is 77.9 Å². The van der Waals surface area contributed by atoms with Crippen molar-refractivity contribution in [1.82, 2.24) is 35.1 Å². The van der Waals surface area contributed by atoms with E-state index in [4.69, 9.17) is 0 Å². The smallest absolute Gasteiger partial charge is 0.253 e. The van der Waals surface area contributed by atoms with E-state index < -0.39 is 6.04 Å². The van der Waals surface area contributed by atoms with E-state index in [1.807, 2.05) is 42.1 Å². The summed E-state index contributed by atoms with van der Waals surface area (Å²) in [4.78, 5) is 23.8. The molecule has 1 atom stereocenters. The number of benzene rings is 2. The van der Waals surface area contributed by atoms with Gasteiger partial charge in [0, 0.05) is 36.4 Å². The highest BCUT2D eigenvalue weighted by Gasteiger charge is 2.33. The Hall–Kier alpha value is -4.17. The zero-order chi connectivity index (χ0) is 26.8. The number of pyridine rings is 2. The Bertz CT molecular complexity index is 1580. The number of hydrogen-bond acceptors (Lipinski definition) is 6. The molecule has 1 fully saturated rings. The summed E-state index contributed by atoms with van der Waals surface area (Å²) in [6.45, 7) is 5.30. The van der Waals surface area contributed by atoms with E-state index in [2.05, 4.69) is 73.7 Å². The maximum absolute atomic E-state index is 13.9. The van der Waals surface area contributed by atoms with E-state index in [0.29, 0.717) is 24.5 Å². The lowest BCUT2D eigenvalue weighted by molar-refractivity contribution is 0.190. The lowest BCUT2D eigenvalue weighted by atomic mass is 9.98. The van der Waals surface area contributed by atoms with E-state index in [1.165, 1.54) is 0 Å². The van der Waals surface area contributed by atoms with Crippen LogP contribution >= 0.6 is 0 Å². The third kappa shape index (κ3) is 5.12. The normalized spacial score (nSPS) is 14.8. The quantitative estimate of drug-likeness (QED) is 0.294. The highest BCUT2D eigenvalue weighted by atomic mass is 16.1. The maximum atomic E-state index is 13.9. The van der Waals surface area contributed by atoms with Crippen molar-refractivity contribution in [2.45, 2.75) is 64.7 Å². The van der Waals surface area contributed by atoms with E-state index in [-0.39, 0.29) is 11.6 Å². The topological polar surface area (TPSA) is 92.6 Å². The number of H-pyrrole nitrogens is 1. The Morgan fingerprint density at radius 1 is 0.974 bits per heavy atom. The molecule has 0 amide bonds. The highest BCUT2D eigenvalue weighted by Crippen LogP contribution is 2.35. The number of nitrogens with zero attached hydrogens (tertiary/aromatic N) is 6. The van der Waals surface area contributed by atoms with Gasteiger partial charge >= 0.3 is 0 Å². The predicted molar refractivity (Wildman–Crippen MR) is 151 cm³/mol. The van der Waals surface area contributed by atoms with Crippen LogP contribution in [0.4, 0.5) is 0 Å². The van der Waals surface area contributed by atoms with Crippen molar-refractivity contribution in [3.63, 3.8) is 0 Å². The fraction of sp³-hybridized carbons (Fsp3) is 0.323. The fourth-order valence-corrected chi connectivity index (χ4v) is 5.87. The molecule has 0 unspecified atom stereocenters. The molecule has 0 bridgehead atoms.